The van der Waals surface area contributed by atoms with Gasteiger partial charge in [-0.05, 0) is 37.1 Å². The number of carboxylic acids is 1. The smallest absolute Gasteiger partial charge is 0.328 e. The third kappa shape index (κ3) is 4.85. The van der Waals surface area contributed by atoms with Crippen LogP contribution in [0.5, 0.6) is 0 Å². The van der Waals surface area contributed by atoms with Gasteiger partial charge in [0.25, 0.3) is 0 Å². The average molecular weight is 277 g/mol. The van der Waals surface area contributed by atoms with Gasteiger partial charge in [-0.15, -0.1) is 0 Å². The third-order valence-electron chi connectivity index (χ3n) is 2.91. The highest BCUT2D eigenvalue weighted by atomic mass is 16.5. The summed E-state index contributed by atoms with van der Waals surface area (Å²) in [5.41, 5.74) is 1.67. The molecule has 0 aliphatic rings. The first-order chi connectivity index (χ1) is 9.43. The number of hydrogen-bond donors (Lipinski definition) is 2. The minimum atomic E-state index is -0.995. The highest BCUT2D eigenvalue weighted by Gasteiger charge is 2.15. The standard InChI is InChI=1S/C15H19NO4/c1-10(16-15(19)11(2)20-3)13-6-4-5-12(9-13)7-8-14(17)18/h4-11H,1-3H3,(H,16,19)(H,17,18)/b8-7+. The molecule has 0 spiro atoms. The van der Waals surface area contributed by atoms with Crippen molar-refractivity contribution in [2.45, 2.75) is 26.0 Å². The number of benzene rings is 1. The second-order valence-corrected chi connectivity index (χ2v) is 4.45. The number of nitrogens with one attached hydrogen (secondary N) is 1. The van der Waals surface area contributed by atoms with Gasteiger partial charge >= 0.3 is 5.97 Å². The summed E-state index contributed by atoms with van der Waals surface area (Å²) < 4.78 is 4.95. The van der Waals surface area contributed by atoms with E-state index in [2.05, 4.69) is 5.32 Å². The monoisotopic (exact) mass is 277 g/mol. The van der Waals surface area contributed by atoms with Crippen LogP contribution in [0.2, 0.25) is 0 Å². The lowest BCUT2D eigenvalue weighted by atomic mass is 10.0. The topological polar surface area (TPSA) is 75.6 Å². The van der Waals surface area contributed by atoms with Crippen molar-refractivity contribution in [1.82, 2.24) is 5.32 Å². The summed E-state index contributed by atoms with van der Waals surface area (Å²) in [5, 5.41) is 11.4. The van der Waals surface area contributed by atoms with Gasteiger partial charge in [-0.25, -0.2) is 4.79 Å². The molecule has 5 heteroatoms. The third-order valence-corrected chi connectivity index (χ3v) is 2.91. The molecule has 0 bridgehead atoms. The van der Waals surface area contributed by atoms with Crippen LogP contribution >= 0.6 is 0 Å². The number of hydrogen-bond acceptors (Lipinski definition) is 3. The predicted molar refractivity (Wildman–Crippen MR) is 76.1 cm³/mol. The molecule has 0 saturated heterocycles. The zero-order valence-corrected chi connectivity index (χ0v) is 11.8. The molecule has 0 aliphatic heterocycles. The molecule has 1 aromatic rings. The predicted octanol–water partition coefficient (Wildman–Crippen LogP) is 2.00. The molecule has 2 atom stereocenters. The highest BCUT2D eigenvalue weighted by Crippen LogP contribution is 2.15. The first-order valence-electron chi connectivity index (χ1n) is 6.28. The zero-order chi connectivity index (χ0) is 15.1. The van der Waals surface area contributed by atoms with Crippen LogP contribution in [-0.2, 0) is 14.3 Å². The van der Waals surface area contributed by atoms with Crippen molar-refractivity contribution >= 4 is 18.0 Å². The number of aliphatic carboxylic acids is 1. The van der Waals surface area contributed by atoms with Crippen molar-refractivity contribution in [3.8, 4) is 0 Å². The molecule has 0 aromatic heterocycles. The second-order valence-electron chi connectivity index (χ2n) is 4.45. The van der Waals surface area contributed by atoms with Gasteiger partial charge in [0.2, 0.25) is 5.91 Å². The molecule has 0 saturated carbocycles. The zero-order valence-electron chi connectivity index (χ0n) is 11.8. The number of ether oxygens (including phenoxy) is 1. The fraction of sp³-hybridized carbons (Fsp3) is 0.333. The fourth-order valence-corrected chi connectivity index (χ4v) is 1.62. The molecule has 20 heavy (non-hydrogen) atoms. The molecular formula is C15H19NO4. The maximum Gasteiger partial charge on any atom is 0.328 e. The van der Waals surface area contributed by atoms with E-state index in [9.17, 15) is 9.59 Å². The Bertz CT molecular complexity index is 510. The molecule has 108 valence electrons. The fourth-order valence-electron chi connectivity index (χ4n) is 1.62. The summed E-state index contributed by atoms with van der Waals surface area (Å²) >= 11 is 0. The summed E-state index contributed by atoms with van der Waals surface area (Å²) in [5.74, 6) is -1.18. The van der Waals surface area contributed by atoms with Crippen LogP contribution in [0.4, 0.5) is 0 Å². The molecule has 1 rings (SSSR count). The average Bonchev–Trinajstić information content (AvgIpc) is 2.44. The van der Waals surface area contributed by atoms with Crippen molar-refractivity contribution in [3.63, 3.8) is 0 Å². The summed E-state index contributed by atoms with van der Waals surface area (Å²) in [4.78, 5) is 22.2. The molecular weight excluding hydrogens is 258 g/mol. The normalized spacial score (nSPS) is 13.9. The van der Waals surface area contributed by atoms with E-state index in [1.807, 2.05) is 25.1 Å². The summed E-state index contributed by atoms with van der Waals surface area (Å²) in [6.07, 6.45) is 2.08. The molecule has 1 aromatic carbocycles. The van der Waals surface area contributed by atoms with Crippen molar-refractivity contribution < 1.29 is 19.4 Å². The lowest BCUT2D eigenvalue weighted by Crippen LogP contribution is -2.35. The molecule has 0 fully saturated rings. The maximum atomic E-state index is 11.7. The lowest BCUT2D eigenvalue weighted by Gasteiger charge is -2.17. The van der Waals surface area contributed by atoms with Crippen molar-refractivity contribution in [3.05, 3.63) is 41.5 Å². The molecule has 2 unspecified atom stereocenters. The van der Waals surface area contributed by atoms with Gasteiger partial charge in [0.1, 0.15) is 6.10 Å². The van der Waals surface area contributed by atoms with Gasteiger partial charge in [-0.1, -0.05) is 18.2 Å². The Morgan fingerprint density at radius 1 is 1.35 bits per heavy atom. The van der Waals surface area contributed by atoms with E-state index in [1.165, 1.54) is 13.2 Å². The van der Waals surface area contributed by atoms with E-state index in [0.717, 1.165) is 17.2 Å². The first-order valence-corrected chi connectivity index (χ1v) is 6.28. The second kappa shape index (κ2) is 7.45. The van der Waals surface area contributed by atoms with Gasteiger partial charge in [0, 0.05) is 13.2 Å². The minimum absolute atomic E-state index is 0.182. The number of amides is 1. The number of rotatable bonds is 6. The van der Waals surface area contributed by atoms with Gasteiger partial charge in [-0.2, -0.15) is 0 Å². The summed E-state index contributed by atoms with van der Waals surface area (Å²) in [6.45, 7) is 3.54. The van der Waals surface area contributed by atoms with Gasteiger partial charge < -0.3 is 15.2 Å². The van der Waals surface area contributed by atoms with E-state index in [0.29, 0.717) is 0 Å². The van der Waals surface area contributed by atoms with Crippen LogP contribution in [-0.4, -0.2) is 30.2 Å². The SMILES string of the molecule is COC(C)C(=O)NC(C)c1cccc(/C=C/C(=O)O)c1. The van der Waals surface area contributed by atoms with Gasteiger partial charge in [0.05, 0.1) is 6.04 Å². The highest BCUT2D eigenvalue weighted by molar-refractivity contribution is 5.85. The van der Waals surface area contributed by atoms with Crippen LogP contribution in [0.3, 0.4) is 0 Å². The maximum absolute atomic E-state index is 11.7. The molecule has 0 heterocycles. The van der Waals surface area contributed by atoms with E-state index in [1.54, 1.807) is 13.0 Å². The lowest BCUT2D eigenvalue weighted by molar-refractivity contribution is -0.131. The van der Waals surface area contributed by atoms with E-state index < -0.39 is 12.1 Å². The molecule has 0 aliphatic carbocycles. The molecule has 2 N–H and O–H groups in total. The molecule has 0 radical (unpaired) electrons. The minimum Gasteiger partial charge on any atom is -0.478 e. The summed E-state index contributed by atoms with van der Waals surface area (Å²) in [7, 11) is 1.48. The molecule has 1 amide bonds. The van der Waals surface area contributed by atoms with Crippen LogP contribution in [0, 0.1) is 0 Å². The van der Waals surface area contributed by atoms with Crippen LogP contribution < -0.4 is 5.32 Å². The van der Waals surface area contributed by atoms with Crippen molar-refractivity contribution in [1.29, 1.82) is 0 Å². The Kier molecular flexibility index (Phi) is 5.93. The number of methoxy groups -OCH3 is 1. The number of carbonyl (C=O) groups excluding carboxylic acids is 1. The first kappa shape index (κ1) is 15.9. The number of carbonyl (C=O) groups is 2. The van der Waals surface area contributed by atoms with E-state index in [4.69, 9.17) is 9.84 Å². The quantitative estimate of drug-likeness (QED) is 0.780. The van der Waals surface area contributed by atoms with Gasteiger partial charge in [0.15, 0.2) is 0 Å². The summed E-state index contributed by atoms with van der Waals surface area (Å²) in [6, 6.07) is 7.15. The Hall–Kier alpha value is -2.14. The van der Waals surface area contributed by atoms with Crippen LogP contribution in [0.25, 0.3) is 6.08 Å². The number of carboxylic acid groups (broad SMARTS) is 1. The van der Waals surface area contributed by atoms with Crippen LogP contribution in [0.1, 0.15) is 31.0 Å². The van der Waals surface area contributed by atoms with Gasteiger partial charge in [-0.3, -0.25) is 4.79 Å². The Balaban J connectivity index is 2.78. The van der Waals surface area contributed by atoms with E-state index in [-0.39, 0.29) is 11.9 Å². The Labute approximate surface area is 118 Å². The Morgan fingerprint density at radius 3 is 2.65 bits per heavy atom. The van der Waals surface area contributed by atoms with E-state index >= 15 is 0 Å². The largest absolute Gasteiger partial charge is 0.478 e. The van der Waals surface area contributed by atoms with Crippen molar-refractivity contribution in [2.75, 3.05) is 7.11 Å². The van der Waals surface area contributed by atoms with Crippen molar-refractivity contribution in [2.24, 2.45) is 0 Å². The Morgan fingerprint density at radius 2 is 2.05 bits per heavy atom. The van der Waals surface area contributed by atoms with Crippen LogP contribution in [0.15, 0.2) is 30.3 Å². The molecule has 5 nitrogen and oxygen atoms in total.